The molecule has 148 valence electrons. The Morgan fingerprint density at radius 2 is 1.93 bits per heavy atom. The molecule has 0 bridgehead atoms. The summed E-state index contributed by atoms with van der Waals surface area (Å²) < 4.78 is 46.1. The number of aromatic nitrogens is 2. The number of methoxy groups -OCH3 is 1. The van der Waals surface area contributed by atoms with Crippen molar-refractivity contribution in [2.45, 2.75) is 19.5 Å². The van der Waals surface area contributed by atoms with Gasteiger partial charge in [-0.15, -0.1) is 0 Å². The predicted octanol–water partition coefficient (Wildman–Crippen LogP) is 6.42. The van der Waals surface area contributed by atoms with Crippen LogP contribution < -0.4 is 0 Å². The van der Waals surface area contributed by atoms with Crippen LogP contribution in [0.5, 0.6) is 0 Å². The van der Waals surface area contributed by atoms with E-state index in [1.807, 2.05) is 6.07 Å². The second kappa shape index (κ2) is 7.33. The molecule has 0 atom stereocenters. The van der Waals surface area contributed by atoms with Crippen molar-refractivity contribution in [1.82, 2.24) is 9.55 Å². The monoisotopic (exact) mass is 428 g/mol. The summed E-state index contributed by atoms with van der Waals surface area (Å²) in [6.07, 6.45) is -4.19. The lowest BCUT2D eigenvalue weighted by molar-refractivity contribution is -0.141. The first-order chi connectivity index (χ1) is 13.0. The number of aryl methyl sites for hydroxylation is 2. The fourth-order valence-electron chi connectivity index (χ4n) is 3.08. The van der Waals surface area contributed by atoms with Gasteiger partial charge in [0.1, 0.15) is 17.1 Å². The van der Waals surface area contributed by atoms with Gasteiger partial charge in [-0.2, -0.15) is 13.2 Å². The second-order valence-electron chi connectivity index (χ2n) is 6.45. The van der Waals surface area contributed by atoms with Crippen molar-refractivity contribution in [2.75, 3.05) is 7.11 Å². The van der Waals surface area contributed by atoms with Crippen LogP contribution in [-0.4, -0.2) is 16.7 Å². The summed E-state index contributed by atoms with van der Waals surface area (Å²) in [5, 5.41) is 1.49. The van der Waals surface area contributed by atoms with Crippen molar-refractivity contribution in [1.29, 1.82) is 0 Å². The summed E-state index contributed by atoms with van der Waals surface area (Å²) in [6.45, 7) is 5.44. The lowest BCUT2D eigenvalue weighted by Gasteiger charge is -2.13. The average molecular weight is 429 g/mol. The highest BCUT2D eigenvalue weighted by Gasteiger charge is 2.33. The van der Waals surface area contributed by atoms with Gasteiger partial charge in [0.05, 0.1) is 12.1 Å². The molecule has 0 amide bonds. The number of fused-ring (bicyclic) bond motifs is 1. The molecular formula is C20H17Cl2F3N2O. The molecule has 2 heterocycles. The number of rotatable bonds is 4. The molecule has 0 saturated carbocycles. The van der Waals surface area contributed by atoms with E-state index in [1.54, 1.807) is 30.7 Å². The number of hydrogen-bond acceptors (Lipinski definition) is 2. The van der Waals surface area contributed by atoms with E-state index in [-0.39, 0.29) is 5.65 Å². The fraction of sp³-hybridized carbons (Fsp3) is 0.250. The van der Waals surface area contributed by atoms with E-state index >= 15 is 0 Å². The maximum absolute atomic E-state index is 13.1. The van der Waals surface area contributed by atoms with E-state index in [1.165, 1.54) is 7.11 Å². The molecule has 8 heteroatoms. The SMILES string of the molecule is C=C(OC)c1ccc(Cl)c(Cc2cc3c(C)cc(C(F)(F)F)nc3n2C)c1Cl. The first kappa shape index (κ1) is 20.6. The summed E-state index contributed by atoms with van der Waals surface area (Å²) in [5.74, 6) is 0.396. The van der Waals surface area contributed by atoms with Crippen LogP contribution in [0.25, 0.3) is 16.8 Å². The summed E-state index contributed by atoms with van der Waals surface area (Å²) in [5.41, 5.74) is 1.81. The molecule has 0 N–H and O–H groups in total. The van der Waals surface area contributed by atoms with Gasteiger partial charge in [-0.05, 0) is 42.3 Å². The lowest BCUT2D eigenvalue weighted by Crippen LogP contribution is -2.09. The normalized spacial score (nSPS) is 11.9. The Hall–Kier alpha value is -2.18. The Balaban J connectivity index is 2.13. The zero-order valence-corrected chi connectivity index (χ0v) is 16.9. The molecule has 0 unspecified atom stereocenters. The predicted molar refractivity (Wildman–Crippen MR) is 106 cm³/mol. The number of hydrogen-bond donors (Lipinski definition) is 0. The van der Waals surface area contributed by atoms with E-state index in [0.29, 0.717) is 44.3 Å². The van der Waals surface area contributed by atoms with Crippen LogP contribution >= 0.6 is 23.2 Å². The smallest absolute Gasteiger partial charge is 0.433 e. The van der Waals surface area contributed by atoms with Gasteiger partial charge in [0.2, 0.25) is 0 Å². The Bertz CT molecular complexity index is 1090. The highest BCUT2D eigenvalue weighted by molar-refractivity contribution is 6.37. The van der Waals surface area contributed by atoms with Gasteiger partial charge in [-0.25, -0.2) is 4.98 Å². The van der Waals surface area contributed by atoms with E-state index in [9.17, 15) is 13.2 Å². The van der Waals surface area contributed by atoms with Gasteiger partial charge in [-0.3, -0.25) is 0 Å². The summed E-state index contributed by atoms with van der Waals surface area (Å²) in [4.78, 5) is 3.81. The van der Waals surface area contributed by atoms with Crippen molar-refractivity contribution in [3.8, 4) is 0 Å². The summed E-state index contributed by atoms with van der Waals surface area (Å²) in [7, 11) is 3.16. The molecule has 2 aromatic heterocycles. The number of pyridine rings is 1. The highest BCUT2D eigenvalue weighted by Crippen LogP contribution is 2.36. The van der Waals surface area contributed by atoms with Crippen LogP contribution in [0.1, 0.15) is 28.1 Å². The van der Waals surface area contributed by atoms with Gasteiger partial charge in [-0.1, -0.05) is 29.8 Å². The van der Waals surface area contributed by atoms with Crippen LogP contribution in [0.4, 0.5) is 13.2 Å². The topological polar surface area (TPSA) is 27.1 Å². The van der Waals surface area contributed by atoms with Gasteiger partial charge in [0.15, 0.2) is 0 Å². The van der Waals surface area contributed by atoms with Crippen LogP contribution in [0.3, 0.4) is 0 Å². The third kappa shape index (κ3) is 3.59. The van der Waals surface area contributed by atoms with Crippen molar-refractivity contribution in [2.24, 2.45) is 7.05 Å². The number of benzene rings is 1. The quantitative estimate of drug-likeness (QED) is 0.448. The number of ether oxygens (including phenoxy) is 1. The van der Waals surface area contributed by atoms with Gasteiger partial charge < -0.3 is 9.30 Å². The minimum absolute atomic E-state index is 0.257. The summed E-state index contributed by atoms with van der Waals surface area (Å²) >= 11 is 12.8. The van der Waals surface area contributed by atoms with Crippen molar-refractivity contribution in [3.05, 3.63) is 69.0 Å². The minimum Gasteiger partial charge on any atom is -0.497 e. The van der Waals surface area contributed by atoms with Crippen LogP contribution in [0.15, 0.2) is 30.8 Å². The third-order valence-electron chi connectivity index (χ3n) is 4.69. The zero-order chi connectivity index (χ0) is 20.8. The van der Waals surface area contributed by atoms with E-state index in [2.05, 4.69) is 11.6 Å². The number of alkyl halides is 3. The van der Waals surface area contributed by atoms with Gasteiger partial charge in [0.25, 0.3) is 0 Å². The van der Waals surface area contributed by atoms with Crippen LogP contribution in [-0.2, 0) is 24.4 Å². The molecule has 0 radical (unpaired) electrons. The molecule has 0 aliphatic heterocycles. The van der Waals surface area contributed by atoms with Gasteiger partial charge >= 0.3 is 6.18 Å². The van der Waals surface area contributed by atoms with E-state index in [0.717, 1.165) is 11.8 Å². The Labute approximate surface area is 170 Å². The molecule has 3 aromatic rings. The maximum Gasteiger partial charge on any atom is 0.433 e. The summed E-state index contributed by atoms with van der Waals surface area (Å²) in [6, 6.07) is 6.26. The maximum atomic E-state index is 13.1. The van der Waals surface area contributed by atoms with Gasteiger partial charge in [0, 0.05) is 35.1 Å². The zero-order valence-electron chi connectivity index (χ0n) is 15.4. The molecule has 0 saturated heterocycles. The van der Waals surface area contributed by atoms with Crippen LogP contribution in [0, 0.1) is 6.92 Å². The minimum atomic E-state index is -4.51. The van der Waals surface area contributed by atoms with Crippen molar-refractivity contribution >= 4 is 40.0 Å². The Morgan fingerprint density at radius 1 is 1.25 bits per heavy atom. The fourth-order valence-corrected chi connectivity index (χ4v) is 3.69. The first-order valence-electron chi connectivity index (χ1n) is 8.27. The third-order valence-corrected chi connectivity index (χ3v) is 5.47. The second-order valence-corrected chi connectivity index (χ2v) is 7.23. The molecule has 0 aliphatic carbocycles. The molecule has 0 fully saturated rings. The molecule has 1 aromatic carbocycles. The molecule has 3 rings (SSSR count). The van der Waals surface area contributed by atoms with Crippen molar-refractivity contribution in [3.63, 3.8) is 0 Å². The molecule has 0 spiro atoms. The Morgan fingerprint density at radius 3 is 2.54 bits per heavy atom. The molecule has 3 nitrogen and oxygen atoms in total. The first-order valence-corrected chi connectivity index (χ1v) is 9.03. The molecule has 0 aliphatic rings. The number of halogens is 5. The van der Waals surface area contributed by atoms with Crippen molar-refractivity contribution < 1.29 is 17.9 Å². The highest BCUT2D eigenvalue weighted by atomic mass is 35.5. The Kier molecular flexibility index (Phi) is 5.38. The number of nitrogens with zero attached hydrogens (tertiary/aromatic N) is 2. The molecule has 28 heavy (non-hydrogen) atoms. The van der Waals surface area contributed by atoms with Crippen LogP contribution in [0.2, 0.25) is 10.0 Å². The lowest BCUT2D eigenvalue weighted by atomic mass is 10.0. The molecular weight excluding hydrogens is 412 g/mol. The van der Waals surface area contributed by atoms with E-state index < -0.39 is 11.9 Å². The average Bonchev–Trinajstić information content (AvgIpc) is 2.94. The largest absolute Gasteiger partial charge is 0.497 e. The standard InChI is InChI=1S/C20H17Cl2F3N2O/c1-10-7-17(20(23,24)25)26-19-14(10)8-12(27(19)3)9-15-16(21)6-5-13(18(15)22)11(2)28-4/h5-8H,2,9H2,1,3-4H3. The van der Waals surface area contributed by atoms with E-state index in [4.69, 9.17) is 27.9 Å².